The number of methoxy groups -OCH3 is 1. The molecule has 0 aliphatic rings. The average molecular weight is 262 g/mol. The normalized spacial score (nSPS) is 12.2. The number of carboxylic acids is 1. The summed E-state index contributed by atoms with van der Waals surface area (Å²) >= 11 is 0. The van der Waals surface area contributed by atoms with E-state index in [0.29, 0.717) is 17.1 Å². The number of aliphatic carboxylic acids is 1. The van der Waals surface area contributed by atoms with Crippen molar-refractivity contribution in [2.75, 3.05) is 7.11 Å². The first-order chi connectivity index (χ1) is 9.04. The summed E-state index contributed by atoms with van der Waals surface area (Å²) in [5, 5.41) is 20.2. The summed E-state index contributed by atoms with van der Waals surface area (Å²) in [5.74, 6) is -0.0325. The molecule has 1 aromatic carbocycles. The maximum atomic E-state index is 11.1. The number of carboxylic acid groups (broad SMARTS) is 1. The first-order valence-corrected chi connectivity index (χ1v) is 5.70. The highest BCUT2D eigenvalue weighted by atomic mass is 16.5. The zero-order chi connectivity index (χ0) is 14.0. The fourth-order valence-electron chi connectivity index (χ4n) is 1.73. The Hall–Kier alpha value is -2.44. The Morgan fingerprint density at radius 3 is 2.84 bits per heavy atom. The summed E-state index contributed by atoms with van der Waals surface area (Å²) in [6.45, 7) is 3.45. The maximum Gasteiger partial charge on any atom is 0.328 e. The molecule has 7 nitrogen and oxygen atoms in total. The summed E-state index contributed by atoms with van der Waals surface area (Å²) < 4.78 is 6.53. The molecule has 0 saturated carbocycles. The van der Waals surface area contributed by atoms with Gasteiger partial charge in [-0.2, -0.15) is 0 Å². The van der Waals surface area contributed by atoms with Gasteiger partial charge in [0.25, 0.3) is 0 Å². The Balaban J connectivity index is 2.57. The second kappa shape index (κ2) is 5.05. The van der Waals surface area contributed by atoms with E-state index in [2.05, 4.69) is 15.5 Å². The van der Waals surface area contributed by atoms with Gasteiger partial charge in [0.15, 0.2) is 11.9 Å². The Kier molecular flexibility index (Phi) is 3.46. The fraction of sp³-hybridized carbons (Fsp3) is 0.333. The minimum atomic E-state index is -1.000. The van der Waals surface area contributed by atoms with E-state index >= 15 is 0 Å². The third kappa shape index (κ3) is 2.40. The maximum absolute atomic E-state index is 11.1. The van der Waals surface area contributed by atoms with Crippen molar-refractivity contribution >= 4 is 5.97 Å². The lowest BCUT2D eigenvalue weighted by atomic mass is 10.1. The lowest BCUT2D eigenvalue weighted by Crippen LogP contribution is -2.18. The minimum absolute atomic E-state index is 0.371. The molecule has 7 heteroatoms. The number of aryl methyl sites for hydroxylation is 1. The lowest BCUT2D eigenvalue weighted by Gasteiger charge is -2.11. The van der Waals surface area contributed by atoms with Crippen molar-refractivity contribution in [2.45, 2.75) is 19.9 Å². The highest BCUT2D eigenvalue weighted by Gasteiger charge is 2.22. The molecule has 1 unspecified atom stereocenters. The Labute approximate surface area is 109 Å². The standard InChI is InChI=1S/C12H14N4O3/c1-7-4-5-10(19-3)9(6-7)11-13-14-15-16(11)8(2)12(17)18/h4-6,8H,1-3H3,(H,17,18). The zero-order valence-electron chi connectivity index (χ0n) is 10.9. The van der Waals surface area contributed by atoms with Gasteiger partial charge in [0.2, 0.25) is 0 Å². The summed E-state index contributed by atoms with van der Waals surface area (Å²) in [6, 6.07) is 4.71. The number of benzene rings is 1. The number of hydrogen-bond acceptors (Lipinski definition) is 5. The zero-order valence-corrected chi connectivity index (χ0v) is 10.9. The molecule has 0 spiro atoms. The van der Waals surface area contributed by atoms with Gasteiger partial charge >= 0.3 is 5.97 Å². The largest absolute Gasteiger partial charge is 0.496 e. The van der Waals surface area contributed by atoms with Crippen LogP contribution in [0.3, 0.4) is 0 Å². The molecule has 19 heavy (non-hydrogen) atoms. The van der Waals surface area contributed by atoms with E-state index in [4.69, 9.17) is 9.84 Å². The van der Waals surface area contributed by atoms with Crippen LogP contribution in [0.5, 0.6) is 5.75 Å². The van der Waals surface area contributed by atoms with Gasteiger partial charge < -0.3 is 9.84 Å². The average Bonchev–Trinajstić information content (AvgIpc) is 2.86. The summed E-state index contributed by atoms with van der Waals surface area (Å²) in [7, 11) is 1.54. The Morgan fingerprint density at radius 1 is 1.47 bits per heavy atom. The van der Waals surface area contributed by atoms with Crippen LogP contribution in [0.1, 0.15) is 18.5 Å². The van der Waals surface area contributed by atoms with Gasteiger partial charge in [-0.05, 0) is 36.4 Å². The minimum Gasteiger partial charge on any atom is -0.496 e. The second-order valence-electron chi connectivity index (χ2n) is 4.17. The molecule has 0 bridgehead atoms. The van der Waals surface area contributed by atoms with Crippen LogP contribution in [0.25, 0.3) is 11.4 Å². The monoisotopic (exact) mass is 262 g/mol. The number of rotatable bonds is 4. The van der Waals surface area contributed by atoms with Crippen LogP contribution in [0.4, 0.5) is 0 Å². The summed E-state index contributed by atoms with van der Waals surface area (Å²) in [5.41, 5.74) is 1.67. The Bertz CT molecular complexity index is 609. The third-order valence-corrected chi connectivity index (χ3v) is 2.81. The lowest BCUT2D eigenvalue weighted by molar-refractivity contribution is -0.140. The van der Waals surface area contributed by atoms with Gasteiger partial charge in [-0.3, -0.25) is 0 Å². The van der Waals surface area contributed by atoms with E-state index in [9.17, 15) is 4.79 Å². The SMILES string of the molecule is COc1ccc(C)cc1-c1nnnn1C(C)C(=O)O. The van der Waals surface area contributed by atoms with Gasteiger partial charge in [0.1, 0.15) is 5.75 Å². The molecule has 1 aromatic heterocycles. The molecular formula is C12H14N4O3. The van der Waals surface area contributed by atoms with Crippen molar-refractivity contribution in [3.05, 3.63) is 23.8 Å². The molecule has 2 rings (SSSR count). The number of carbonyl (C=O) groups is 1. The third-order valence-electron chi connectivity index (χ3n) is 2.81. The van der Waals surface area contributed by atoms with Gasteiger partial charge in [-0.25, -0.2) is 9.48 Å². The van der Waals surface area contributed by atoms with Gasteiger partial charge in [-0.15, -0.1) is 5.10 Å². The van der Waals surface area contributed by atoms with Crippen molar-refractivity contribution in [3.63, 3.8) is 0 Å². The van der Waals surface area contributed by atoms with Gasteiger partial charge in [0, 0.05) is 0 Å². The fourth-order valence-corrected chi connectivity index (χ4v) is 1.73. The summed E-state index contributed by atoms with van der Waals surface area (Å²) in [4.78, 5) is 11.1. The van der Waals surface area contributed by atoms with Crippen molar-refractivity contribution in [1.82, 2.24) is 20.2 Å². The number of tetrazole rings is 1. The predicted molar refractivity (Wildman–Crippen MR) is 66.9 cm³/mol. The van der Waals surface area contributed by atoms with E-state index in [1.54, 1.807) is 13.2 Å². The van der Waals surface area contributed by atoms with Gasteiger partial charge in [-0.1, -0.05) is 11.6 Å². The number of aromatic nitrogens is 4. The van der Waals surface area contributed by atoms with Crippen LogP contribution >= 0.6 is 0 Å². The molecule has 0 aliphatic heterocycles. The van der Waals surface area contributed by atoms with Crippen molar-refractivity contribution < 1.29 is 14.6 Å². The molecule has 0 saturated heterocycles. The van der Waals surface area contributed by atoms with Crippen LogP contribution in [-0.2, 0) is 4.79 Å². The molecule has 0 radical (unpaired) electrons. The molecule has 1 atom stereocenters. The van der Waals surface area contributed by atoms with Crippen LogP contribution < -0.4 is 4.74 Å². The summed E-state index contributed by atoms with van der Waals surface area (Å²) in [6.07, 6.45) is 0. The predicted octanol–water partition coefficient (Wildman–Crippen LogP) is 1.30. The van der Waals surface area contributed by atoms with Crippen molar-refractivity contribution in [1.29, 1.82) is 0 Å². The van der Waals surface area contributed by atoms with Crippen LogP contribution in [-0.4, -0.2) is 38.4 Å². The molecule has 2 aromatic rings. The molecule has 0 amide bonds. The first kappa shape index (κ1) is 13.0. The highest BCUT2D eigenvalue weighted by molar-refractivity contribution is 5.73. The van der Waals surface area contributed by atoms with Crippen LogP contribution in [0, 0.1) is 6.92 Å². The molecule has 0 fully saturated rings. The molecule has 1 heterocycles. The molecule has 0 aliphatic carbocycles. The van der Waals surface area contributed by atoms with Gasteiger partial charge in [0.05, 0.1) is 12.7 Å². The smallest absolute Gasteiger partial charge is 0.328 e. The molecule has 100 valence electrons. The van der Waals surface area contributed by atoms with Crippen LogP contribution in [0.15, 0.2) is 18.2 Å². The van der Waals surface area contributed by atoms with E-state index in [-0.39, 0.29) is 0 Å². The Morgan fingerprint density at radius 2 is 2.21 bits per heavy atom. The van der Waals surface area contributed by atoms with Crippen LogP contribution in [0.2, 0.25) is 0 Å². The first-order valence-electron chi connectivity index (χ1n) is 5.70. The topological polar surface area (TPSA) is 90.1 Å². The number of nitrogens with zero attached hydrogens (tertiary/aromatic N) is 4. The van der Waals surface area contributed by atoms with Crippen molar-refractivity contribution in [2.24, 2.45) is 0 Å². The van der Waals surface area contributed by atoms with E-state index in [1.165, 1.54) is 11.6 Å². The van der Waals surface area contributed by atoms with E-state index in [1.807, 2.05) is 19.1 Å². The second-order valence-corrected chi connectivity index (χ2v) is 4.17. The van der Waals surface area contributed by atoms with E-state index < -0.39 is 12.0 Å². The van der Waals surface area contributed by atoms with Crippen molar-refractivity contribution in [3.8, 4) is 17.1 Å². The number of hydrogen-bond donors (Lipinski definition) is 1. The highest BCUT2D eigenvalue weighted by Crippen LogP contribution is 2.30. The van der Waals surface area contributed by atoms with E-state index in [0.717, 1.165) is 5.56 Å². The molecular weight excluding hydrogens is 248 g/mol. The quantitative estimate of drug-likeness (QED) is 0.893. The number of ether oxygens (including phenoxy) is 1. The molecule has 1 N–H and O–H groups in total.